The molecule has 3 rings (SSSR count). The molecule has 0 aromatic rings. The minimum absolute atomic E-state index is 0.0736. The van der Waals surface area contributed by atoms with Crippen molar-refractivity contribution in [3.63, 3.8) is 0 Å². The van der Waals surface area contributed by atoms with Gasteiger partial charge in [-0.3, -0.25) is 14.4 Å². The zero-order valence-corrected chi connectivity index (χ0v) is 14.7. The van der Waals surface area contributed by atoms with Gasteiger partial charge in [-0.1, -0.05) is 6.42 Å². The van der Waals surface area contributed by atoms with Crippen LogP contribution in [0.4, 0.5) is 0 Å². The molecule has 2 saturated carbocycles. The lowest BCUT2D eigenvalue weighted by molar-refractivity contribution is -0.153. The van der Waals surface area contributed by atoms with Crippen LogP contribution in [0, 0.1) is 17.8 Å². The topological polar surface area (TPSA) is 77.9 Å². The average Bonchev–Trinajstić information content (AvgIpc) is 3.37. The first-order chi connectivity index (χ1) is 11.3. The molecule has 134 valence electrons. The number of carboxylic acid groups (broad SMARTS) is 1. The van der Waals surface area contributed by atoms with Crippen LogP contribution in [0.15, 0.2) is 0 Å². The predicted octanol–water partition coefficient (Wildman–Crippen LogP) is 1.74. The van der Waals surface area contributed by atoms with Crippen LogP contribution < -0.4 is 0 Å². The number of piperazine rings is 1. The summed E-state index contributed by atoms with van der Waals surface area (Å²) in [5.41, 5.74) is -0.393. The van der Waals surface area contributed by atoms with E-state index in [1.54, 1.807) is 0 Å². The SMILES string of the molecule is CC1(C)CN(C(=O)C2CC2)CCN1C(=O)C1CCCC(C(=O)O)C1. The lowest BCUT2D eigenvalue weighted by Gasteiger charge is -2.48. The van der Waals surface area contributed by atoms with E-state index in [1.165, 1.54) is 0 Å². The van der Waals surface area contributed by atoms with E-state index in [9.17, 15) is 19.5 Å². The van der Waals surface area contributed by atoms with E-state index in [4.69, 9.17) is 0 Å². The van der Waals surface area contributed by atoms with Crippen molar-refractivity contribution < 1.29 is 19.5 Å². The molecule has 1 aliphatic heterocycles. The number of hydrogen-bond donors (Lipinski definition) is 1. The Labute approximate surface area is 143 Å². The monoisotopic (exact) mass is 336 g/mol. The summed E-state index contributed by atoms with van der Waals surface area (Å²) < 4.78 is 0. The standard InChI is InChI=1S/C18H28N2O4/c1-18(2)11-19(15(21)12-6-7-12)8-9-20(18)16(22)13-4-3-5-14(10-13)17(23)24/h12-14H,3-11H2,1-2H3,(H,23,24). The van der Waals surface area contributed by atoms with Crippen LogP contribution in [-0.4, -0.2) is 57.9 Å². The molecule has 2 unspecified atom stereocenters. The van der Waals surface area contributed by atoms with Crippen molar-refractivity contribution in [2.45, 2.75) is 57.9 Å². The number of aliphatic carboxylic acids is 1. The maximum Gasteiger partial charge on any atom is 0.306 e. The lowest BCUT2D eigenvalue weighted by Crippen LogP contribution is -2.63. The van der Waals surface area contributed by atoms with Gasteiger partial charge in [-0.25, -0.2) is 0 Å². The summed E-state index contributed by atoms with van der Waals surface area (Å²) in [5, 5.41) is 9.24. The van der Waals surface area contributed by atoms with Crippen molar-refractivity contribution in [3.8, 4) is 0 Å². The molecule has 0 aromatic carbocycles. The van der Waals surface area contributed by atoms with Crippen molar-refractivity contribution in [2.75, 3.05) is 19.6 Å². The van der Waals surface area contributed by atoms with Gasteiger partial charge in [-0.05, 0) is 46.0 Å². The number of amides is 2. The van der Waals surface area contributed by atoms with E-state index >= 15 is 0 Å². The molecule has 1 N–H and O–H groups in total. The Morgan fingerprint density at radius 3 is 2.17 bits per heavy atom. The van der Waals surface area contributed by atoms with Gasteiger partial charge in [-0.15, -0.1) is 0 Å². The third-order valence-electron chi connectivity index (χ3n) is 5.78. The van der Waals surface area contributed by atoms with Gasteiger partial charge in [0, 0.05) is 31.5 Å². The molecule has 6 nitrogen and oxygen atoms in total. The molecule has 2 aliphatic carbocycles. The fourth-order valence-corrected chi connectivity index (χ4v) is 4.20. The third kappa shape index (κ3) is 3.42. The lowest BCUT2D eigenvalue weighted by atomic mass is 9.80. The summed E-state index contributed by atoms with van der Waals surface area (Å²) in [7, 11) is 0. The first kappa shape index (κ1) is 17.2. The van der Waals surface area contributed by atoms with Crippen LogP contribution in [0.25, 0.3) is 0 Å². The quantitative estimate of drug-likeness (QED) is 0.851. The number of rotatable bonds is 3. The van der Waals surface area contributed by atoms with Crippen LogP contribution in [0.2, 0.25) is 0 Å². The van der Waals surface area contributed by atoms with E-state index in [0.29, 0.717) is 32.5 Å². The second-order valence-corrected chi connectivity index (χ2v) is 8.24. The van der Waals surface area contributed by atoms with Crippen LogP contribution in [0.1, 0.15) is 52.4 Å². The Hall–Kier alpha value is -1.59. The van der Waals surface area contributed by atoms with Gasteiger partial charge in [0.15, 0.2) is 0 Å². The van der Waals surface area contributed by atoms with Crippen molar-refractivity contribution in [1.82, 2.24) is 9.80 Å². The van der Waals surface area contributed by atoms with Gasteiger partial charge in [0.25, 0.3) is 0 Å². The summed E-state index contributed by atoms with van der Waals surface area (Å²) in [5.74, 6) is -0.856. The second kappa shape index (κ2) is 6.37. The van der Waals surface area contributed by atoms with E-state index < -0.39 is 17.4 Å². The molecule has 1 saturated heterocycles. The van der Waals surface area contributed by atoms with Gasteiger partial charge >= 0.3 is 5.97 Å². The first-order valence-corrected chi connectivity index (χ1v) is 9.12. The maximum atomic E-state index is 13.0. The van der Waals surface area contributed by atoms with E-state index in [1.807, 2.05) is 23.6 Å². The minimum atomic E-state index is -0.786. The zero-order chi connectivity index (χ0) is 17.5. The van der Waals surface area contributed by atoms with Crippen molar-refractivity contribution >= 4 is 17.8 Å². The molecular formula is C18H28N2O4. The van der Waals surface area contributed by atoms with Gasteiger partial charge in [0.1, 0.15) is 0 Å². The summed E-state index contributed by atoms with van der Waals surface area (Å²) in [4.78, 5) is 40.3. The van der Waals surface area contributed by atoms with Crippen LogP contribution >= 0.6 is 0 Å². The highest BCUT2D eigenvalue weighted by molar-refractivity contribution is 5.83. The number of nitrogens with zero attached hydrogens (tertiary/aromatic N) is 2. The molecule has 0 bridgehead atoms. The summed E-state index contributed by atoms with van der Waals surface area (Å²) in [6.07, 6.45) is 4.69. The number of carbonyl (C=O) groups excluding carboxylic acids is 2. The van der Waals surface area contributed by atoms with Gasteiger partial charge < -0.3 is 14.9 Å². The Bertz CT molecular complexity index is 541. The minimum Gasteiger partial charge on any atom is -0.481 e. The number of carbonyl (C=O) groups is 3. The summed E-state index contributed by atoms with van der Waals surface area (Å²) in [6.45, 7) is 5.74. The highest BCUT2D eigenvalue weighted by atomic mass is 16.4. The van der Waals surface area contributed by atoms with Crippen molar-refractivity contribution in [1.29, 1.82) is 0 Å². The Kier molecular flexibility index (Phi) is 4.58. The van der Waals surface area contributed by atoms with E-state index in [2.05, 4.69) is 0 Å². The normalized spacial score (nSPS) is 30.1. The van der Waals surface area contributed by atoms with Gasteiger partial charge in [0.05, 0.1) is 11.5 Å². The van der Waals surface area contributed by atoms with Crippen LogP contribution in [0.5, 0.6) is 0 Å². The summed E-state index contributed by atoms with van der Waals surface area (Å²) in [6, 6.07) is 0. The Morgan fingerprint density at radius 2 is 1.58 bits per heavy atom. The summed E-state index contributed by atoms with van der Waals surface area (Å²) >= 11 is 0. The second-order valence-electron chi connectivity index (χ2n) is 8.24. The molecule has 0 spiro atoms. The van der Waals surface area contributed by atoms with E-state index in [-0.39, 0.29) is 23.7 Å². The molecule has 3 fully saturated rings. The Morgan fingerprint density at radius 1 is 0.917 bits per heavy atom. The molecule has 6 heteroatoms. The molecule has 3 aliphatic rings. The van der Waals surface area contributed by atoms with E-state index in [0.717, 1.165) is 25.7 Å². The zero-order valence-electron chi connectivity index (χ0n) is 14.7. The maximum absolute atomic E-state index is 13.0. The predicted molar refractivity (Wildman–Crippen MR) is 88.2 cm³/mol. The highest BCUT2D eigenvalue weighted by Gasteiger charge is 2.44. The largest absolute Gasteiger partial charge is 0.481 e. The van der Waals surface area contributed by atoms with Gasteiger partial charge in [-0.2, -0.15) is 0 Å². The fraction of sp³-hybridized carbons (Fsp3) is 0.833. The first-order valence-electron chi connectivity index (χ1n) is 9.12. The average molecular weight is 336 g/mol. The van der Waals surface area contributed by atoms with Crippen LogP contribution in [-0.2, 0) is 14.4 Å². The van der Waals surface area contributed by atoms with Crippen molar-refractivity contribution in [2.24, 2.45) is 17.8 Å². The number of carboxylic acids is 1. The molecule has 0 radical (unpaired) electrons. The molecular weight excluding hydrogens is 308 g/mol. The molecule has 2 amide bonds. The Balaban J connectivity index is 1.64. The number of hydrogen-bond acceptors (Lipinski definition) is 3. The van der Waals surface area contributed by atoms with Crippen LogP contribution in [0.3, 0.4) is 0 Å². The molecule has 0 aromatic heterocycles. The van der Waals surface area contributed by atoms with Crippen molar-refractivity contribution in [3.05, 3.63) is 0 Å². The molecule has 2 atom stereocenters. The smallest absolute Gasteiger partial charge is 0.306 e. The van der Waals surface area contributed by atoms with Gasteiger partial charge in [0.2, 0.25) is 11.8 Å². The molecule has 1 heterocycles. The third-order valence-corrected chi connectivity index (χ3v) is 5.78. The highest BCUT2D eigenvalue weighted by Crippen LogP contribution is 2.35. The fourth-order valence-electron chi connectivity index (χ4n) is 4.20. The molecule has 24 heavy (non-hydrogen) atoms.